The standard InChI is InChI=1S/C12H22O2/c1-9(2)7-6-8-11(5)12(13)14-10(3)4/h9-10H,5-8H2,1-4H3. The van der Waals surface area contributed by atoms with E-state index in [4.69, 9.17) is 4.74 Å². The minimum atomic E-state index is -0.247. The van der Waals surface area contributed by atoms with Crippen LogP contribution in [0, 0.1) is 5.92 Å². The van der Waals surface area contributed by atoms with Gasteiger partial charge in [0.2, 0.25) is 0 Å². The Morgan fingerprint density at radius 1 is 1.29 bits per heavy atom. The summed E-state index contributed by atoms with van der Waals surface area (Å²) in [6.07, 6.45) is 2.85. The van der Waals surface area contributed by atoms with E-state index in [1.807, 2.05) is 13.8 Å². The summed E-state index contributed by atoms with van der Waals surface area (Å²) in [5.74, 6) is 0.438. The van der Waals surface area contributed by atoms with Crippen LogP contribution in [-0.2, 0) is 9.53 Å². The highest BCUT2D eigenvalue weighted by Crippen LogP contribution is 2.12. The molecule has 0 saturated carbocycles. The van der Waals surface area contributed by atoms with Crippen LogP contribution in [0.2, 0.25) is 0 Å². The van der Waals surface area contributed by atoms with Gasteiger partial charge in [0.25, 0.3) is 0 Å². The van der Waals surface area contributed by atoms with E-state index in [1.165, 1.54) is 0 Å². The second kappa shape index (κ2) is 6.63. The van der Waals surface area contributed by atoms with Gasteiger partial charge in [-0.2, -0.15) is 0 Å². The molecule has 0 aromatic carbocycles. The molecule has 0 rings (SSSR count). The highest BCUT2D eigenvalue weighted by Gasteiger charge is 2.09. The Hall–Kier alpha value is -0.790. The first-order chi connectivity index (χ1) is 6.43. The van der Waals surface area contributed by atoms with E-state index in [-0.39, 0.29) is 12.1 Å². The monoisotopic (exact) mass is 198 g/mol. The van der Waals surface area contributed by atoms with Crippen LogP contribution < -0.4 is 0 Å². The zero-order chi connectivity index (χ0) is 11.1. The number of carbonyl (C=O) groups is 1. The molecule has 14 heavy (non-hydrogen) atoms. The molecule has 0 aliphatic rings. The van der Waals surface area contributed by atoms with Crippen LogP contribution in [0.5, 0.6) is 0 Å². The molecule has 0 saturated heterocycles. The van der Waals surface area contributed by atoms with Crippen molar-refractivity contribution in [2.75, 3.05) is 0 Å². The molecule has 0 aromatic rings. The molecule has 0 aliphatic heterocycles. The Kier molecular flexibility index (Phi) is 6.26. The zero-order valence-electron chi connectivity index (χ0n) is 9.80. The maximum absolute atomic E-state index is 11.3. The lowest BCUT2D eigenvalue weighted by molar-refractivity contribution is -0.142. The van der Waals surface area contributed by atoms with Crippen molar-refractivity contribution in [3.63, 3.8) is 0 Å². The van der Waals surface area contributed by atoms with E-state index < -0.39 is 0 Å². The molecule has 0 amide bonds. The first kappa shape index (κ1) is 13.2. The highest BCUT2D eigenvalue weighted by molar-refractivity contribution is 5.87. The molecule has 0 spiro atoms. The van der Waals surface area contributed by atoms with Crippen molar-refractivity contribution in [3.8, 4) is 0 Å². The molecule has 0 aliphatic carbocycles. The van der Waals surface area contributed by atoms with E-state index in [1.54, 1.807) is 0 Å². The lowest BCUT2D eigenvalue weighted by Crippen LogP contribution is -2.13. The summed E-state index contributed by atoms with van der Waals surface area (Å²) in [6.45, 7) is 11.8. The minimum Gasteiger partial charge on any atom is -0.460 e. The van der Waals surface area contributed by atoms with Crippen molar-refractivity contribution in [2.45, 2.75) is 53.1 Å². The molecule has 0 bridgehead atoms. The summed E-state index contributed by atoms with van der Waals surface area (Å²) in [4.78, 5) is 11.3. The third-order valence-corrected chi connectivity index (χ3v) is 1.89. The van der Waals surface area contributed by atoms with Crippen LogP contribution in [0.1, 0.15) is 47.0 Å². The van der Waals surface area contributed by atoms with Gasteiger partial charge in [-0.3, -0.25) is 0 Å². The average molecular weight is 198 g/mol. The Labute approximate surface area is 87.3 Å². The number of carbonyl (C=O) groups excluding carboxylic acids is 1. The van der Waals surface area contributed by atoms with E-state index in [9.17, 15) is 4.79 Å². The third kappa shape index (κ3) is 6.70. The van der Waals surface area contributed by atoms with Gasteiger partial charge in [-0.05, 0) is 32.6 Å². The largest absolute Gasteiger partial charge is 0.460 e. The topological polar surface area (TPSA) is 26.3 Å². The van der Waals surface area contributed by atoms with Crippen molar-refractivity contribution >= 4 is 5.97 Å². The zero-order valence-corrected chi connectivity index (χ0v) is 9.80. The van der Waals surface area contributed by atoms with Crippen LogP contribution >= 0.6 is 0 Å². The summed E-state index contributed by atoms with van der Waals surface area (Å²) in [5.41, 5.74) is 0.597. The van der Waals surface area contributed by atoms with Gasteiger partial charge >= 0.3 is 5.97 Å². The fourth-order valence-electron chi connectivity index (χ4n) is 1.12. The summed E-state index contributed by atoms with van der Waals surface area (Å²) in [7, 11) is 0. The van der Waals surface area contributed by atoms with Crippen LogP contribution in [0.15, 0.2) is 12.2 Å². The smallest absolute Gasteiger partial charge is 0.333 e. The van der Waals surface area contributed by atoms with Crippen LogP contribution in [0.25, 0.3) is 0 Å². The first-order valence-corrected chi connectivity index (χ1v) is 5.32. The van der Waals surface area contributed by atoms with Gasteiger partial charge in [0, 0.05) is 5.57 Å². The second-order valence-electron chi connectivity index (χ2n) is 4.34. The van der Waals surface area contributed by atoms with Crippen molar-refractivity contribution in [1.29, 1.82) is 0 Å². The SMILES string of the molecule is C=C(CCCC(C)C)C(=O)OC(C)C. The molecule has 0 atom stereocenters. The molecular formula is C12H22O2. The van der Waals surface area contributed by atoms with Crippen LogP contribution in [0.4, 0.5) is 0 Å². The molecule has 2 nitrogen and oxygen atoms in total. The van der Waals surface area contributed by atoms with E-state index >= 15 is 0 Å². The van der Waals surface area contributed by atoms with Gasteiger partial charge in [0.1, 0.15) is 0 Å². The molecule has 0 radical (unpaired) electrons. The third-order valence-electron chi connectivity index (χ3n) is 1.89. The normalized spacial score (nSPS) is 10.7. The average Bonchev–Trinajstić information content (AvgIpc) is 2.01. The van der Waals surface area contributed by atoms with E-state index in [0.717, 1.165) is 19.3 Å². The molecule has 2 heteroatoms. The van der Waals surface area contributed by atoms with E-state index in [2.05, 4.69) is 20.4 Å². The van der Waals surface area contributed by atoms with Crippen molar-refractivity contribution in [1.82, 2.24) is 0 Å². The number of rotatable bonds is 6. The number of hydrogen-bond acceptors (Lipinski definition) is 2. The fraction of sp³-hybridized carbons (Fsp3) is 0.750. The summed E-state index contributed by atoms with van der Waals surface area (Å²) >= 11 is 0. The highest BCUT2D eigenvalue weighted by atomic mass is 16.5. The van der Waals surface area contributed by atoms with Crippen molar-refractivity contribution in [2.24, 2.45) is 5.92 Å². The van der Waals surface area contributed by atoms with Crippen molar-refractivity contribution in [3.05, 3.63) is 12.2 Å². The lowest BCUT2D eigenvalue weighted by Gasteiger charge is -2.10. The molecular weight excluding hydrogens is 176 g/mol. The Balaban J connectivity index is 3.68. The number of ether oxygens (including phenoxy) is 1. The maximum Gasteiger partial charge on any atom is 0.333 e. The van der Waals surface area contributed by atoms with E-state index in [0.29, 0.717) is 11.5 Å². The van der Waals surface area contributed by atoms with Gasteiger partial charge in [0.05, 0.1) is 6.10 Å². The minimum absolute atomic E-state index is 0.0515. The summed E-state index contributed by atoms with van der Waals surface area (Å²) in [5, 5.41) is 0. The summed E-state index contributed by atoms with van der Waals surface area (Å²) in [6, 6.07) is 0. The van der Waals surface area contributed by atoms with Gasteiger partial charge in [-0.15, -0.1) is 0 Å². The maximum atomic E-state index is 11.3. The summed E-state index contributed by atoms with van der Waals surface area (Å²) < 4.78 is 5.03. The number of hydrogen-bond donors (Lipinski definition) is 0. The Bertz CT molecular complexity index is 192. The van der Waals surface area contributed by atoms with Crippen molar-refractivity contribution < 1.29 is 9.53 Å². The van der Waals surface area contributed by atoms with Crippen LogP contribution in [-0.4, -0.2) is 12.1 Å². The quantitative estimate of drug-likeness (QED) is 0.483. The lowest BCUT2D eigenvalue weighted by atomic mass is 10.0. The molecule has 0 heterocycles. The second-order valence-corrected chi connectivity index (χ2v) is 4.34. The van der Waals surface area contributed by atoms with Crippen LogP contribution in [0.3, 0.4) is 0 Å². The molecule has 0 unspecified atom stereocenters. The molecule has 0 N–H and O–H groups in total. The molecule has 0 fully saturated rings. The molecule has 82 valence electrons. The van der Waals surface area contributed by atoms with Gasteiger partial charge in [0.15, 0.2) is 0 Å². The predicted octanol–water partition coefficient (Wildman–Crippen LogP) is 3.32. The van der Waals surface area contributed by atoms with Gasteiger partial charge < -0.3 is 4.74 Å². The Morgan fingerprint density at radius 3 is 2.29 bits per heavy atom. The van der Waals surface area contributed by atoms with Gasteiger partial charge in [-0.1, -0.05) is 26.8 Å². The predicted molar refractivity (Wildman–Crippen MR) is 59.1 cm³/mol. The number of esters is 1. The fourth-order valence-corrected chi connectivity index (χ4v) is 1.12. The first-order valence-electron chi connectivity index (χ1n) is 5.32. The molecule has 0 aromatic heterocycles. The Morgan fingerprint density at radius 2 is 1.86 bits per heavy atom. The van der Waals surface area contributed by atoms with Gasteiger partial charge in [-0.25, -0.2) is 4.79 Å².